The largest absolute Gasteiger partial charge is 0.302 e. The minimum absolute atomic E-state index is 0.0888. The summed E-state index contributed by atoms with van der Waals surface area (Å²) < 4.78 is 1.09. The molecule has 0 spiro atoms. The normalized spacial score (nSPS) is 11.0. The lowest BCUT2D eigenvalue weighted by Crippen LogP contribution is -2.38. The number of rotatable bonds is 7. The van der Waals surface area contributed by atoms with Gasteiger partial charge in [0.15, 0.2) is 5.13 Å². The third kappa shape index (κ3) is 4.64. The molecule has 0 saturated heterocycles. The Morgan fingerprint density at radius 3 is 2.34 bits per heavy atom. The molecule has 0 bridgehead atoms. The van der Waals surface area contributed by atoms with Crippen LogP contribution in [0.4, 0.5) is 5.13 Å². The monoisotopic (exact) mass is 406 g/mol. The number of nitrogens with zero attached hydrogens (tertiary/aromatic N) is 4. The van der Waals surface area contributed by atoms with E-state index < -0.39 is 0 Å². The average molecular weight is 407 g/mol. The first-order valence-electron chi connectivity index (χ1n) is 9.89. The van der Waals surface area contributed by atoms with Crippen molar-refractivity contribution < 1.29 is 4.79 Å². The van der Waals surface area contributed by atoms with Gasteiger partial charge in [-0.1, -0.05) is 25.2 Å². The molecule has 1 heterocycles. The van der Waals surface area contributed by atoms with Gasteiger partial charge >= 0.3 is 0 Å². The van der Waals surface area contributed by atoms with Crippen molar-refractivity contribution in [3.05, 3.63) is 58.7 Å². The maximum Gasteiger partial charge on any atom is 0.260 e. The number of hydrogen-bond acceptors (Lipinski definition) is 5. The molecule has 3 rings (SSSR count). The molecular weight excluding hydrogens is 380 g/mol. The summed E-state index contributed by atoms with van der Waals surface area (Å²) in [7, 11) is 0. The highest BCUT2D eigenvalue weighted by Gasteiger charge is 2.22. The first-order chi connectivity index (χ1) is 14.0. The first kappa shape index (κ1) is 21.0. The minimum atomic E-state index is -0.0888. The molecule has 6 heteroatoms. The van der Waals surface area contributed by atoms with Crippen LogP contribution in [0, 0.1) is 25.2 Å². The lowest BCUT2D eigenvalue weighted by Gasteiger charge is -2.24. The fourth-order valence-electron chi connectivity index (χ4n) is 3.19. The van der Waals surface area contributed by atoms with Crippen LogP contribution in [0.3, 0.4) is 0 Å². The molecule has 0 unspecified atom stereocenters. The van der Waals surface area contributed by atoms with Gasteiger partial charge in [-0.3, -0.25) is 9.69 Å². The highest BCUT2D eigenvalue weighted by Crippen LogP contribution is 2.31. The number of amides is 1. The van der Waals surface area contributed by atoms with E-state index in [4.69, 9.17) is 10.2 Å². The number of fused-ring (bicyclic) bond motifs is 1. The summed E-state index contributed by atoms with van der Waals surface area (Å²) in [4.78, 5) is 22.2. The van der Waals surface area contributed by atoms with Crippen LogP contribution in [0.5, 0.6) is 0 Å². The number of anilines is 1. The summed E-state index contributed by atoms with van der Waals surface area (Å²) in [5.74, 6) is -0.0888. The van der Waals surface area contributed by atoms with E-state index in [1.165, 1.54) is 11.1 Å². The predicted molar refractivity (Wildman–Crippen MR) is 120 cm³/mol. The van der Waals surface area contributed by atoms with E-state index in [0.29, 0.717) is 22.8 Å². The smallest absolute Gasteiger partial charge is 0.260 e. The SMILES string of the molecule is CCN(CC)CCN(C(=O)c1ccc(C#N)cc1)c1nc2cc(C)c(C)cc2s1. The number of thiazole rings is 1. The van der Waals surface area contributed by atoms with Crippen LogP contribution in [0.2, 0.25) is 0 Å². The van der Waals surface area contributed by atoms with Crippen LogP contribution in [0.15, 0.2) is 36.4 Å². The number of nitriles is 1. The third-order valence-corrected chi connectivity index (χ3v) is 6.31. The van der Waals surface area contributed by atoms with Crippen molar-refractivity contribution in [1.29, 1.82) is 5.26 Å². The van der Waals surface area contributed by atoms with Gasteiger partial charge in [0.05, 0.1) is 21.8 Å². The molecule has 2 aromatic carbocycles. The molecule has 3 aromatic rings. The van der Waals surface area contributed by atoms with Crippen LogP contribution in [0.1, 0.15) is 40.9 Å². The highest BCUT2D eigenvalue weighted by atomic mass is 32.1. The third-order valence-electron chi connectivity index (χ3n) is 5.26. The minimum Gasteiger partial charge on any atom is -0.302 e. The molecule has 150 valence electrons. The molecule has 0 atom stereocenters. The second-order valence-electron chi connectivity index (χ2n) is 7.07. The Labute approximate surface area is 176 Å². The molecule has 5 nitrogen and oxygen atoms in total. The summed E-state index contributed by atoms with van der Waals surface area (Å²) in [5, 5.41) is 9.73. The van der Waals surface area contributed by atoms with Gasteiger partial charge in [-0.15, -0.1) is 0 Å². The molecule has 0 aliphatic rings. The molecule has 0 aliphatic carbocycles. The number of carbonyl (C=O) groups excluding carboxylic acids is 1. The Balaban J connectivity index is 1.97. The van der Waals surface area contributed by atoms with Crippen molar-refractivity contribution in [2.24, 2.45) is 0 Å². The van der Waals surface area contributed by atoms with E-state index in [9.17, 15) is 4.79 Å². The van der Waals surface area contributed by atoms with E-state index in [1.807, 2.05) is 0 Å². The van der Waals surface area contributed by atoms with Crippen molar-refractivity contribution in [2.45, 2.75) is 27.7 Å². The van der Waals surface area contributed by atoms with Gasteiger partial charge < -0.3 is 4.90 Å². The second-order valence-corrected chi connectivity index (χ2v) is 8.08. The van der Waals surface area contributed by atoms with Gasteiger partial charge in [0.1, 0.15) is 0 Å². The predicted octanol–water partition coefficient (Wildman–Crippen LogP) is 4.77. The second kappa shape index (κ2) is 9.17. The lowest BCUT2D eigenvalue weighted by atomic mass is 10.1. The molecule has 0 aliphatic heterocycles. The summed E-state index contributed by atoms with van der Waals surface area (Å²) in [6, 6.07) is 13.1. The number of likely N-dealkylation sites (N-methyl/N-ethyl adjacent to an activating group) is 1. The van der Waals surface area contributed by atoms with Gasteiger partial charge in [-0.25, -0.2) is 4.98 Å². The number of aryl methyl sites for hydroxylation is 2. The summed E-state index contributed by atoms with van der Waals surface area (Å²) >= 11 is 1.55. The average Bonchev–Trinajstić information content (AvgIpc) is 3.13. The summed E-state index contributed by atoms with van der Waals surface area (Å²) in [6.45, 7) is 11.6. The van der Waals surface area contributed by atoms with Crippen molar-refractivity contribution in [1.82, 2.24) is 9.88 Å². The zero-order valence-electron chi connectivity index (χ0n) is 17.4. The fraction of sp³-hybridized carbons (Fsp3) is 0.348. The number of hydrogen-bond donors (Lipinski definition) is 0. The van der Waals surface area contributed by atoms with Crippen molar-refractivity contribution in [3.8, 4) is 6.07 Å². The van der Waals surface area contributed by atoms with Crippen molar-refractivity contribution in [3.63, 3.8) is 0 Å². The fourth-order valence-corrected chi connectivity index (χ4v) is 4.26. The molecule has 0 fully saturated rings. The molecular formula is C23H26N4OS. The van der Waals surface area contributed by atoms with Crippen LogP contribution in [-0.2, 0) is 0 Å². The van der Waals surface area contributed by atoms with E-state index in [0.717, 1.165) is 29.9 Å². The van der Waals surface area contributed by atoms with Gasteiger partial charge in [0, 0.05) is 18.7 Å². The van der Waals surface area contributed by atoms with Crippen LogP contribution in [-0.4, -0.2) is 42.0 Å². The Hall–Kier alpha value is -2.75. The van der Waals surface area contributed by atoms with E-state index in [2.05, 4.69) is 50.8 Å². The quantitative estimate of drug-likeness (QED) is 0.567. The van der Waals surface area contributed by atoms with E-state index in [1.54, 1.807) is 40.5 Å². The van der Waals surface area contributed by atoms with Crippen LogP contribution in [0.25, 0.3) is 10.2 Å². The van der Waals surface area contributed by atoms with E-state index >= 15 is 0 Å². The topological polar surface area (TPSA) is 60.2 Å². The molecule has 0 radical (unpaired) electrons. The molecule has 0 N–H and O–H groups in total. The number of aromatic nitrogens is 1. The Morgan fingerprint density at radius 1 is 1.07 bits per heavy atom. The number of carbonyl (C=O) groups is 1. The first-order valence-corrected chi connectivity index (χ1v) is 10.7. The molecule has 1 amide bonds. The van der Waals surface area contributed by atoms with Gasteiger partial charge in [0.2, 0.25) is 0 Å². The molecule has 29 heavy (non-hydrogen) atoms. The zero-order chi connectivity index (χ0) is 21.0. The molecule has 0 saturated carbocycles. The van der Waals surface area contributed by atoms with Crippen LogP contribution >= 0.6 is 11.3 Å². The zero-order valence-corrected chi connectivity index (χ0v) is 18.2. The summed E-state index contributed by atoms with van der Waals surface area (Å²) in [6.07, 6.45) is 0. The highest BCUT2D eigenvalue weighted by molar-refractivity contribution is 7.22. The Morgan fingerprint density at radius 2 is 1.72 bits per heavy atom. The Bertz CT molecular complexity index is 1010. The molecule has 1 aromatic heterocycles. The van der Waals surface area contributed by atoms with Gasteiger partial charge in [-0.2, -0.15) is 5.26 Å². The lowest BCUT2D eigenvalue weighted by molar-refractivity contribution is 0.0984. The Kier molecular flexibility index (Phi) is 6.63. The van der Waals surface area contributed by atoms with Crippen molar-refractivity contribution >= 4 is 32.6 Å². The van der Waals surface area contributed by atoms with Crippen LogP contribution < -0.4 is 4.90 Å². The van der Waals surface area contributed by atoms with E-state index in [-0.39, 0.29) is 5.91 Å². The summed E-state index contributed by atoms with van der Waals surface area (Å²) in [5.41, 5.74) is 4.45. The van der Waals surface area contributed by atoms with Gasteiger partial charge in [0.25, 0.3) is 5.91 Å². The standard InChI is InChI=1S/C23H26N4OS/c1-5-26(6-2)11-12-27(22(28)19-9-7-18(15-24)8-10-19)23-25-20-13-16(3)17(4)14-21(20)29-23/h7-10,13-14H,5-6,11-12H2,1-4H3. The number of benzene rings is 2. The maximum atomic E-state index is 13.3. The maximum absolute atomic E-state index is 13.3. The van der Waals surface area contributed by atoms with Crippen molar-refractivity contribution in [2.75, 3.05) is 31.1 Å². The van der Waals surface area contributed by atoms with Gasteiger partial charge in [-0.05, 0) is 74.5 Å².